The summed E-state index contributed by atoms with van der Waals surface area (Å²) in [6, 6.07) is 0. The lowest BCUT2D eigenvalue weighted by atomic mass is 10.4. The van der Waals surface area contributed by atoms with Crippen molar-refractivity contribution in [1.29, 1.82) is 0 Å². The van der Waals surface area contributed by atoms with Gasteiger partial charge in [-0.3, -0.25) is 4.18 Å². The van der Waals surface area contributed by atoms with E-state index in [0.717, 1.165) is 0 Å². The van der Waals surface area contributed by atoms with Crippen LogP contribution in [0.4, 0.5) is 13.2 Å². The Morgan fingerprint density at radius 2 is 1.70 bits per heavy atom. The van der Waals surface area contributed by atoms with Crippen molar-refractivity contribution < 1.29 is 43.7 Å². The van der Waals surface area contributed by atoms with Crippen LogP contribution in [-0.2, 0) is 34.0 Å². The minimum atomic E-state index is -6.23. The molecule has 0 unspecified atom stereocenters. The van der Waals surface area contributed by atoms with Crippen molar-refractivity contribution in [3.63, 3.8) is 0 Å². The Balaban J connectivity index is 4.44. The summed E-state index contributed by atoms with van der Waals surface area (Å²) in [6.07, 6.45) is 0. The molecule has 8 nitrogen and oxygen atoms in total. The van der Waals surface area contributed by atoms with Crippen molar-refractivity contribution in [2.75, 3.05) is 13.2 Å². The molecule has 0 N–H and O–H groups in total. The summed E-state index contributed by atoms with van der Waals surface area (Å²) in [5.74, 6) is -0.883. The SMILES string of the molecule is C=C(C)C(=O)OCCOS(=O)(=O)[N-]S(=O)(=O)C(F)(F)F. The van der Waals surface area contributed by atoms with E-state index in [4.69, 9.17) is 0 Å². The van der Waals surface area contributed by atoms with Gasteiger partial charge >= 0.3 is 11.5 Å². The van der Waals surface area contributed by atoms with Gasteiger partial charge in [0.1, 0.15) is 6.61 Å². The first-order chi connectivity index (χ1) is 8.78. The number of halogens is 3. The highest BCUT2D eigenvalue weighted by atomic mass is 32.3. The molecular formula is C7H9F3NO7S2-. The molecule has 0 aliphatic rings. The molecule has 13 heteroatoms. The fourth-order valence-corrected chi connectivity index (χ4v) is 2.33. The summed E-state index contributed by atoms with van der Waals surface area (Å²) in [5.41, 5.74) is -5.87. The highest BCUT2D eigenvalue weighted by Crippen LogP contribution is 2.30. The molecule has 0 bridgehead atoms. The minimum absolute atomic E-state index is 0.00260. The van der Waals surface area contributed by atoms with Gasteiger partial charge in [-0.05, 0) is 6.92 Å². The van der Waals surface area contributed by atoms with E-state index in [2.05, 4.69) is 15.5 Å². The molecule has 0 spiro atoms. The molecule has 0 aromatic heterocycles. The molecule has 0 radical (unpaired) electrons. The lowest BCUT2D eigenvalue weighted by Crippen LogP contribution is -2.25. The fourth-order valence-electron chi connectivity index (χ4n) is 0.581. The maximum absolute atomic E-state index is 11.9. The highest BCUT2D eigenvalue weighted by Gasteiger charge is 2.40. The van der Waals surface area contributed by atoms with E-state index in [9.17, 15) is 34.8 Å². The summed E-state index contributed by atoms with van der Waals surface area (Å²) >= 11 is 0. The van der Waals surface area contributed by atoms with Crippen LogP contribution in [0.2, 0.25) is 0 Å². The highest BCUT2D eigenvalue weighted by molar-refractivity contribution is 8.10. The predicted molar refractivity (Wildman–Crippen MR) is 59.0 cm³/mol. The molecule has 0 aromatic rings. The molecule has 0 aliphatic carbocycles. The van der Waals surface area contributed by atoms with Crippen LogP contribution in [0.15, 0.2) is 12.2 Å². The van der Waals surface area contributed by atoms with Crippen LogP contribution < -0.4 is 0 Å². The van der Waals surface area contributed by atoms with Crippen molar-refractivity contribution in [1.82, 2.24) is 0 Å². The monoisotopic (exact) mass is 340 g/mol. The van der Waals surface area contributed by atoms with Gasteiger partial charge in [0.25, 0.3) is 0 Å². The summed E-state index contributed by atoms with van der Waals surface area (Å²) in [7, 11) is -11.6. The average molecular weight is 340 g/mol. The average Bonchev–Trinajstić information content (AvgIpc) is 2.20. The van der Waals surface area contributed by atoms with Crippen molar-refractivity contribution >= 4 is 26.3 Å². The van der Waals surface area contributed by atoms with Gasteiger partial charge in [-0.15, -0.1) is 0 Å². The molecule has 0 aliphatic heterocycles. The van der Waals surface area contributed by atoms with Crippen LogP contribution in [-0.4, -0.2) is 41.5 Å². The normalized spacial score (nSPS) is 13.0. The van der Waals surface area contributed by atoms with Gasteiger partial charge in [0.15, 0.2) is 10.0 Å². The molecule has 0 amide bonds. The van der Waals surface area contributed by atoms with Gasteiger partial charge < -0.3 is 8.86 Å². The lowest BCUT2D eigenvalue weighted by molar-refractivity contribution is -0.139. The first-order valence-corrected chi connectivity index (χ1v) is 7.36. The third kappa shape index (κ3) is 6.31. The van der Waals surface area contributed by atoms with Crippen LogP contribution in [0.5, 0.6) is 0 Å². The molecule has 118 valence electrons. The Morgan fingerprint density at radius 1 is 1.20 bits per heavy atom. The first-order valence-electron chi connectivity index (χ1n) is 4.56. The third-order valence-electron chi connectivity index (χ3n) is 1.38. The molecule has 0 atom stereocenters. The van der Waals surface area contributed by atoms with Gasteiger partial charge in [-0.25, -0.2) is 21.6 Å². The van der Waals surface area contributed by atoms with E-state index in [1.807, 2.05) is 0 Å². The lowest BCUT2D eigenvalue weighted by Gasteiger charge is -2.21. The Kier molecular flexibility index (Phi) is 6.13. The molecule has 0 saturated heterocycles. The van der Waals surface area contributed by atoms with E-state index in [-0.39, 0.29) is 5.57 Å². The number of alkyl halides is 3. The van der Waals surface area contributed by atoms with E-state index in [0.29, 0.717) is 0 Å². The third-order valence-corrected chi connectivity index (χ3v) is 3.94. The van der Waals surface area contributed by atoms with Gasteiger partial charge in [0.05, 0.1) is 6.61 Å². The summed E-state index contributed by atoms with van der Waals surface area (Å²) in [5, 5.41) is 0. The molecule has 0 saturated carbocycles. The van der Waals surface area contributed by atoms with Crippen molar-refractivity contribution in [3.05, 3.63) is 16.3 Å². The second-order valence-corrected chi connectivity index (χ2v) is 6.26. The maximum atomic E-state index is 11.9. The predicted octanol–water partition coefficient (Wildman–Crippen LogP) is 0.590. The van der Waals surface area contributed by atoms with Crippen LogP contribution in [0.25, 0.3) is 4.13 Å². The second-order valence-electron chi connectivity index (χ2n) is 3.16. The molecule has 0 fully saturated rings. The second kappa shape index (κ2) is 6.51. The van der Waals surface area contributed by atoms with E-state index >= 15 is 0 Å². The Morgan fingerprint density at radius 3 is 2.10 bits per heavy atom. The number of carbonyl (C=O) groups is 1. The van der Waals surface area contributed by atoms with Gasteiger partial charge in [0.2, 0.25) is 10.3 Å². The molecule has 0 heterocycles. The van der Waals surface area contributed by atoms with Gasteiger partial charge in [-0.2, -0.15) is 13.2 Å². The van der Waals surface area contributed by atoms with Gasteiger partial charge in [0, 0.05) is 5.57 Å². The number of nitrogens with zero attached hydrogens (tertiary/aromatic N) is 1. The summed E-state index contributed by atoms with van der Waals surface area (Å²) < 4.78 is 88.0. The van der Waals surface area contributed by atoms with Gasteiger partial charge in [-0.1, -0.05) is 6.58 Å². The topological polar surface area (TPSA) is 118 Å². The quantitative estimate of drug-likeness (QED) is 0.378. The number of carbonyl (C=O) groups excluding carboxylic acids is 1. The van der Waals surface area contributed by atoms with E-state index in [1.165, 1.54) is 6.92 Å². The zero-order valence-electron chi connectivity index (χ0n) is 9.88. The zero-order valence-corrected chi connectivity index (χ0v) is 11.5. The van der Waals surface area contributed by atoms with E-state index in [1.54, 1.807) is 4.13 Å². The molecule has 20 heavy (non-hydrogen) atoms. The number of hydrogen-bond acceptors (Lipinski definition) is 7. The van der Waals surface area contributed by atoms with Crippen LogP contribution >= 0.6 is 0 Å². The van der Waals surface area contributed by atoms with Crippen LogP contribution in [0.1, 0.15) is 6.92 Å². The largest absolute Gasteiger partial charge is 0.480 e. The van der Waals surface area contributed by atoms with Crippen LogP contribution in [0.3, 0.4) is 0 Å². The van der Waals surface area contributed by atoms with Crippen molar-refractivity contribution in [2.45, 2.75) is 12.4 Å². The number of sulfonamides is 1. The fraction of sp³-hybridized carbons (Fsp3) is 0.571. The van der Waals surface area contributed by atoms with Crippen molar-refractivity contribution in [2.24, 2.45) is 0 Å². The first kappa shape index (κ1) is 18.8. The smallest absolute Gasteiger partial charge is 0.460 e. The van der Waals surface area contributed by atoms with Crippen molar-refractivity contribution in [3.8, 4) is 0 Å². The zero-order chi connectivity index (χ0) is 16.2. The minimum Gasteiger partial charge on any atom is -0.460 e. The van der Waals surface area contributed by atoms with Crippen LogP contribution in [0, 0.1) is 0 Å². The Hall–Kier alpha value is -1.18. The number of esters is 1. The Bertz CT molecular complexity index is 578. The summed E-state index contributed by atoms with van der Waals surface area (Å²) in [4.78, 5) is 10.8. The maximum Gasteiger partial charge on any atom is 0.480 e. The number of rotatable bonds is 7. The van der Waals surface area contributed by atoms with E-state index < -0.39 is 45.0 Å². The molecule has 0 rings (SSSR count). The molecular weight excluding hydrogens is 331 g/mol. The number of hydrogen-bond donors (Lipinski definition) is 0. The molecule has 0 aromatic carbocycles. The summed E-state index contributed by atoms with van der Waals surface area (Å²) in [6.45, 7) is 2.95. The number of ether oxygens (including phenoxy) is 1. The standard InChI is InChI=1S/C7H9F3NO7S2/c1-5(2)6(12)17-3-4-18-20(15,16)11-19(13,14)7(8,9)10/h1,3-4H2,2H3/q-1. The Labute approximate surface area is 112 Å².